The molecule has 1 aromatic rings. The van der Waals surface area contributed by atoms with E-state index in [1.807, 2.05) is 38.1 Å². The van der Waals surface area contributed by atoms with Crippen LogP contribution in [0.1, 0.15) is 38.3 Å². The minimum atomic E-state index is -0.865. The van der Waals surface area contributed by atoms with Gasteiger partial charge in [-0.2, -0.15) is 0 Å². The summed E-state index contributed by atoms with van der Waals surface area (Å²) in [6, 6.07) is 7.61. The van der Waals surface area contributed by atoms with Gasteiger partial charge in [0.15, 0.2) is 0 Å². The van der Waals surface area contributed by atoms with Crippen LogP contribution in [0.15, 0.2) is 28.7 Å². The van der Waals surface area contributed by atoms with Gasteiger partial charge < -0.3 is 10.4 Å². The highest BCUT2D eigenvalue weighted by molar-refractivity contribution is 9.10. The van der Waals surface area contributed by atoms with Crippen molar-refractivity contribution in [2.45, 2.75) is 32.7 Å². The first-order valence-electron chi connectivity index (χ1n) is 7.17. The smallest absolute Gasteiger partial charge is 0.307 e. The molecule has 4 nitrogen and oxygen atoms in total. The Morgan fingerprint density at radius 2 is 1.81 bits per heavy atom. The maximum absolute atomic E-state index is 12.4. The third-order valence-corrected chi connectivity index (χ3v) is 4.71. The molecule has 4 atom stereocenters. The van der Waals surface area contributed by atoms with E-state index in [0.29, 0.717) is 12.8 Å². The summed E-state index contributed by atoms with van der Waals surface area (Å²) in [6.45, 7) is 3.91. The van der Waals surface area contributed by atoms with Gasteiger partial charge in [-0.3, -0.25) is 9.59 Å². The molecule has 0 spiro atoms. The quantitative estimate of drug-likeness (QED) is 0.871. The van der Waals surface area contributed by atoms with Crippen LogP contribution in [0.4, 0.5) is 0 Å². The average molecular weight is 354 g/mol. The summed E-state index contributed by atoms with van der Waals surface area (Å²) in [4.78, 5) is 23.6. The summed E-state index contributed by atoms with van der Waals surface area (Å²) in [5.41, 5.74) is 1.00. The number of carboxylic acids is 1. The fourth-order valence-electron chi connectivity index (χ4n) is 3.01. The molecule has 0 aromatic heterocycles. The van der Waals surface area contributed by atoms with Crippen molar-refractivity contribution >= 4 is 27.8 Å². The number of carbonyl (C=O) groups is 2. The summed E-state index contributed by atoms with van der Waals surface area (Å²) < 4.78 is 0.986. The number of aliphatic carboxylic acids is 1. The topological polar surface area (TPSA) is 66.4 Å². The molecular weight excluding hydrogens is 334 g/mol. The Morgan fingerprint density at radius 3 is 2.38 bits per heavy atom. The first-order chi connectivity index (χ1) is 9.88. The number of halogens is 1. The Morgan fingerprint density at radius 1 is 1.24 bits per heavy atom. The van der Waals surface area contributed by atoms with E-state index in [1.165, 1.54) is 0 Å². The third-order valence-electron chi connectivity index (χ3n) is 4.18. The van der Waals surface area contributed by atoms with Crippen LogP contribution in [0.3, 0.4) is 0 Å². The van der Waals surface area contributed by atoms with Gasteiger partial charge in [-0.25, -0.2) is 0 Å². The second-order valence-electron chi connectivity index (χ2n) is 5.91. The van der Waals surface area contributed by atoms with Crippen LogP contribution < -0.4 is 5.32 Å². The van der Waals surface area contributed by atoms with Gasteiger partial charge in [0.2, 0.25) is 5.91 Å². The van der Waals surface area contributed by atoms with E-state index in [9.17, 15) is 14.7 Å². The van der Waals surface area contributed by atoms with Gasteiger partial charge in [0.1, 0.15) is 0 Å². The first kappa shape index (κ1) is 16.0. The van der Waals surface area contributed by atoms with E-state index >= 15 is 0 Å². The van der Waals surface area contributed by atoms with Crippen LogP contribution in [0.2, 0.25) is 0 Å². The van der Waals surface area contributed by atoms with Crippen molar-refractivity contribution < 1.29 is 14.7 Å². The molecule has 2 unspecified atom stereocenters. The number of rotatable bonds is 4. The summed E-state index contributed by atoms with van der Waals surface area (Å²) in [7, 11) is 0. The number of amides is 1. The Bertz CT molecular complexity index is 529. The standard InChI is InChI=1S/C16H20BrNO3/c1-9-7-13(14(8-9)16(20)21)15(19)18-10(2)11-3-5-12(17)6-4-11/h3-6,9-10,13-14H,7-8H2,1-2H3,(H,18,19)(H,20,21)/t9?,10?,13-,14+/m0/s1. The third kappa shape index (κ3) is 3.84. The molecule has 2 N–H and O–H groups in total. The molecule has 0 saturated heterocycles. The van der Waals surface area contributed by atoms with E-state index in [0.717, 1.165) is 10.0 Å². The molecule has 0 aliphatic heterocycles. The van der Waals surface area contributed by atoms with Gasteiger partial charge in [0.05, 0.1) is 17.9 Å². The molecule has 1 aliphatic rings. The molecule has 2 rings (SSSR count). The highest BCUT2D eigenvalue weighted by Crippen LogP contribution is 2.36. The number of nitrogens with one attached hydrogen (secondary N) is 1. The van der Waals surface area contributed by atoms with Gasteiger partial charge >= 0.3 is 5.97 Å². The van der Waals surface area contributed by atoms with Gasteiger partial charge in [-0.15, -0.1) is 0 Å². The van der Waals surface area contributed by atoms with Crippen LogP contribution in [-0.2, 0) is 9.59 Å². The highest BCUT2D eigenvalue weighted by atomic mass is 79.9. The highest BCUT2D eigenvalue weighted by Gasteiger charge is 2.41. The van der Waals surface area contributed by atoms with Crippen molar-refractivity contribution in [2.24, 2.45) is 17.8 Å². The molecule has 114 valence electrons. The van der Waals surface area contributed by atoms with Gasteiger partial charge in [-0.1, -0.05) is 35.0 Å². The summed E-state index contributed by atoms with van der Waals surface area (Å²) in [6.07, 6.45) is 1.23. The van der Waals surface area contributed by atoms with E-state index in [4.69, 9.17) is 0 Å². The van der Waals surface area contributed by atoms with Crippen LogP contribution >= 0.6 is 15.9 Å². The van der Waals surface area contributed by atoms with Crippen LogP contribution in [0, 0.1) is 17.8 Å². The second-order valence-corrected chi connectivity index (χ2v) is 6.83. The van der Waals surface area contributed by atoms with Crippen molar-refractivity contribution in [3.05, 3.63) is 34.3 Å². The minimum Gasteiger partial charge on any atom is -0.481 e. The monoisotopic (exact) mass is 353 g/mol. The van der Waals surface area contributed by atoms with Crippen molar-refractivity contribution in [3.8, 4) is 0 Å². The lowest BCUT2D eigenvalue weighted by Gasteiger charge is -2.20. The number of carboxylic acid groups (broad SMARTS) is 1. The second kappa shape index (κ2) is 6.60. The zero-order chi connectivity index (χ0) is 15.6. The fourth-order valence-corrected chi connectivity index (χ4v) is 3.27. The lowest BCUT2D eigenvalue weighted by Crippen LogP contribution is -2.36. The SMILES string of the molecule is CC1C[C@H](C(=O)NC(C)c2ccc(Br)cc2)[C@H](C(=O)O)C1. The van der Waals surface area contributed by atoms with E-state index in [1.54, 1.807) is 0 Å². The maximum Gasteiger partial charge on any atom is 0.307 e. The van der Waals surface area contributed by atoms with Crippen molar-refractivity contribution in [3.63, 3.8) is 0 Å². The molecule has 21 heavy (non-hydrogen) atoms. The van der Waals surface area contributed by atoms with E-state index in [-0.39, 0.29) is 17.9 Å². The molecule has 0 heterocycles. The van der Waals surface area contributed by atoms with Crippen molar-refractivity contribution in [1.82, 2.24) is 5.32 Å². The summed E-state index contributed by atoms with van der Waals surface area (Å²) in [5.74, 6) is -1.71. The zero-order valence-corrected chi connectivity index (χ0v) is 13.8. The predicted molar refractivity (Wildman–Crippen MR) is 83.7 cm³/mol. The lowest BCUT2D eigenvalue weighted by molar-refractivity contribution is -0.146. The zero-order valence-electron chi connectivity index (χ0n) is 12.2. The largest absolute Gasteiger partial charge is 0.481 e. The van der Waals surface area contributed by atoms with Crippen molar-refractivity contribution in [1.29, 1.82) is 0 Å². The van der Waals surface area contributed by atoms with Crippen molar-refractivity contribution in [2.75, 3.05) is 0 Å². The van der Waals surface area contributed by atoms with Crippen LogP contribution in [0.25, 0.3) is 0 Å². The van der Waals surface area contributed by atoms with Gasteiger partial charge in [0, 0.05) is 4.47 Å². The van der Waals surface area contributed by atoms with Gasteiger partial charge in [-0.05, 0) is 43.4 Å². The molecule has 0 bridgehead atoms. The number of hydrogen-bond donors (Lipinski definition) is 2. The lowest BCUT2D eigenvalue weighted by atomic mass is 9.94. The summed E-state index contributed by atoms with van der Waals surface area (Å²) >= 11 is 3.38. The predicted octanol–water partition coefficient (Wildman–Crippen LogP) is 3.37. The molecule has 0 radical (unpaired) electrons. The van der Waals surface area contributed by atoms with Crippen LogP contribution in [0.5, 0.6) is 0 Å². The maximum atomic E-state index is 12.4. The molecule has 1 fully saturated rings. The number of benzene rings is 1. The molecule has 1 amide bonds. The average Bonchev–Trinajstić information content (AvgIpc) is 2.82. The molecule has 1 aliphatic carbocycles. The first-order valence-corrected chi connectivity index (χ1v) is 7.96. The number of carbonyl (C=O) groups excluding carboxylic acids is 1. The van der Waals surface area contributed by atoms with Gasteiger partial charge in [0.25, 0.3) is 0 Å². The molecule has 1 aromatic carbocycles. The normalized spacial score (nSPS) is 26.3. The van der Waals surface area contributed by atoms with E-state index in [2.05, 4.69) is 21.2 Å². The number of hydrogen-bond acceptors (Lipinski definition) is 2. The van der Waals surface area contributed by atoms with E-state index < -0.39 is 17.8 Å². The fraction of sp³-hybridized carbons (Fsp3) is 0.500. The molecule has 1 saturated carbocycles. The molecular formula is C16H20BrNO3. The van der Waals surface area contributed by atoms with Crippen LogP contribution in [-0.4, -0.2) is 17.0 Å². The summed E-state index contributed by atoms with van der Waals surface area (Å²) in [5, 5.41) is 12.2. The Balaban J connectivity index is 2.03. The Labute approximate surface area is 133 Å². The minimum absolute atomic E-state index is 0.129. The Kier molecular flexibility index (Phi) is 5.04. The Hall–Kier alpha value is -1.36. The molecule has 5 heteroatoms.